The van der Waals surface area contributed by atoms with E-state index in [1.54, 1.807) is 0 Å². The van der Waals surface area contributed by atoms with Crippen LogP contribution < -0.4 is 5.59 Å². The predicted octanol–water partition coefficient (Wildman–Crippen LogP) is 6.79. The minimum absolute atomic E-state index is 0.612. The summed E-state index contributed by atoms with van der Waals surface area (Å²) in [5.74, 6) is 1.41. The number of rotatable bonds is 3. The van der Waals surface area contributed by atoms with Gasteiger partial charge >= 0.3 is 0 Å². The van der Waals surface area contributed by atoms with Gasteiger partial charge in [-0.1, -0.05) is 68.9 Å². The molecule has 0 amide bonds. The molecule has 2 heteroatoms. The third-order valence-electron chi connectivity index (χ3n) is 7.16. The highest BCUT2D eigenvalue weighted by molar-refractivity contribution is 6.32. The summed E-state index contributed by atoms with van der Waals surface area (Å²) in [5.41, 5.74) is 6.00. The Bertz CT molecular complexity index is 960. The molecule has 0 spiro atoms. The molecule has 0 atom stereocenters. The highest BCUT2D eigenvalue weighted by atomic mass is 14.7. The average Bonchev–Trinajstić information content (AvgIpc) is 2.79. The molecule has 5 rings (SSSR count). The molecule has 2 aromatic carbocycles. The van der Waals surface area contributed by atoms with Crippen LogP contribution in [0.2, 0.25) is 0 Å². The first-order chi connectivity index (χ1) is 14.3. The van der Waals surface area contributed by atoms with Crippen molar-refractivity contribution >= 4 is 24.2 Å². The molecular formula is C27H30BN. The van der Waals surface area contributed by atoms with Gasteiger partial charge in [0.25, 0.3) is 0 Å². The van der Waals surface area contributed by atoms with Crippen molar-refractivity contribution < 1.29 is 0 Å². The maximum atomic E-state index is 6.21. The molecule has 0 saturated heterocycles. The lowest BCUT2D eigenvalue weighted by molar-refractivity contribution is 0.435. The van der Waals surface area contributed by atoms with Crippen LogP contribution >= 0.6 is 0 Å². The van der Waals surface area contributed by atoms with E-state index in [1.165, 1.54) is 91.7 Å². The van der Waals surface area contributed by atoms with Crippen molar-refractivity contribution in [2.45, 2.75) is 76.0 Å². The quantitative estimate of drug-likeness (QED) is 0.457. The molecule has 1 aromatic heterocycles. The lowest BCUT2D eigenvalue weighted by Gasteiger charge is -2.27. The van der Waals surface area contributed by atoms with Crippen LogP contribution in [0.1, 0.15) is 87.2 Å². The highest BCUT2D eigenvalue weighted by Gasteiger charge is 2.21. The number of pyridine rings is 1. The fourth-order valence-electron chi connectivity index (χ4n) is 5.60. The molecule has 1 nitrogen and oxygen atoms in total. The van der Waals surface area contributed by atoms with Crippen molar-refractivity contribution in [3.05, 3.63) is 59.7 Å². The van der Waals surface area contributed by atoms with E-state index in [-0.39, 0.29) is 0 Å². The Kier molecular flexibility index (Phi) is 5.44. The van der Waals surface area contributed by atoms with Crippen LogP contribution in [-0.2, 0) is 0 Å². The summed E-state index contributed by atoms with van der Waals surface area (Å²) < 4.78 is 0. The van der Waals surface area contributed by atoms with Gasteiger partial charge in [-0.05, 0) is 77.8 Å². The molecule has 2 saturated carbocycles. The highest BCUT2D eigenvalue weighted by Crippen LogP contribution is 2.40. The molecule has 2 aliphatic rings. The first-order valence-electron chi connectivity index (χ1n) is 11.6. The van der Waals surface area contributed by atoms with Crippen LogP contribution in [0.3, 0.4) is 0 Å². The van der Waals surface area contributed by atoms with Gasteiger partial charge in [0.15, 0.2) is 0 Å². The van der Waals surface area contributed by atoms with Crippen LogP contribution in [-0.4, -0.2) is 12.8 Å². The third-order valence-corrected chi connectivity index (χ3v) is 7.16. The molecule has 29 heavy (non-hydrogen) atoms. The number of fused-ring (bicyclic) bond motifs is 1. The average molecular weight is 379 g/mol. The van der Waals surface area contributed by atoms with E-state index >= 15 is 0 Å². The van der Waals surface area contributed by atoms with E-state index in [1.807, 2.05) is 6.07 Å². The van der Waals surface area contributed by atoms with Crippen LogP contribution in [0, 0.1) is 0 Å². The Morgan fingerprint density at radius 3 is 1.90 bits per heavy atom. The van der Waals surface area contributed by atoms with Crippen molar-refractivity contribution in [3.63, 3.8) is 0 Å². The van der Waals surface area contributed by atoms with E-state index in [4.69, 9.17) is 12.8 Å². The summed E-state index contributed by atoms with van der Waals surface area (Å²) in [7, 11) is 6.21. The lowest BCUT2D eigenvalue weighted by atomic mass is 9.78. The normalized spacial score (nSPS) is 18.9. The Morgan fingerprint density at radius 2 is 1.28 bits per heavy atom. The summed E-state index contributed by atoms with van der Waals surface area (Å²) in [6.45, 7) is 0. The fourth-order valence-corrected chi connectivity index (χ4v) is 5.60. The molecular weight excluding hydrogens is 349 g/mol. The molecule has 146 valence electrons. The van der Waals surface area contributed by atoms with E-state index in [0.717, 1.165) is 5.69 Å². The number of hydrogen-bond acceptors (Lipinski definition) is 1. The number of nitrogens with zero attached hydrogens (tertiary/aromatic N) is 1. The minimum Gasteiger partial charge on any atom is -0.264 e. The summed E-state index contributed by atoms with van der Waals surface area (Å²) >= 11 is 0. The van der Waals surface area contributed by atoms with Gasteiger partial charge in [-0.3, -0.25) is 4.98 Å². The van der Waals surface area contributed by atoms with Gasteiger partial charge in [0.2, 0.25) is 0 Å². The Hall–Kier alpha value is -2.09. The number of benzene rings is 2. The molecule has 0 aliphatic heterocycles. The van der Waals surface area contributed by atoms with E-state index in [2.05, 4.69) is 42.5 Å². The molecule has 0 N–H and O–H groups in total. The van der Waals surface area contributed by atoms with Gasteiger partial charge in [0.1, 0.15) is 7.85 Å². The second-order valence-corrected chi connectivity index (χ2v) is 9.18. The lowest BCUT2D eigenvalue weighted by Crippen LogP contribution is -2.11. The first kappa shape index (κ1) is 18.9. The number of hydrogen-bond donors (Lipinski definition) is 0. The SMILES string of the molecule is [B]c1cc2ccccc2c(-c2cc(C3CCCCC3)cc(C3CCCCC3)c2)n1. The van der Waals surface area contributed by atoms with Gasteiger partial charge in [-0.2, -0.15) is 0 Å². The monoisotopic (exact) mass is 379 g/mol. The maximum Gasteiger partial charge on any atom is 0.141 e. The molecule has 0 bridgehead atoms. The zero-order chi connectivity index (χ0) is 19.6. The van der Waals surface area contributed by atoms with Crippen molar-refractivity contribution in [1.29, 1.82) is 0 Å². The summed E-state index contributed by atoms with van der Waals surface area (Å²) in [6, 6.07) is 17.9. The molecule has 2 fully saturated rings. The van der Waals surface area contributed by atoms with Gasteiger partial charge < -0.3 is 0 Å². The fraction of sp³-hybridized carbons (Fsp3) is 0.444. The Balaban J connectivity index is 1.65. The zero-order valence-corrected chi connectivity index (χ0v) is 17.4. The van der Waals surface area contributed by atoms with Gasteiger partial charge in [0.05, 0.1) is 5.69 Å². The van der Waals surface area contributed by atoms with Gasteiger partial charge in [0, 0.05) is 10.9 Å². The predicted molar refractivity (Wildman–Crippen MR) is 124 cm³/mol. The van der Waals surface area contributed by atoms with Crippen molar-refractivity contribution in [3.8, 4) is 11.3 Å². The summed E-state index contributed by atoms with van der Waals surface area (Å²) in [4.78, 5) is 4.82. The summed E-state index contributed by atoms with van der Waals surface area (Å²) in [5, 5.41) is 2.38. The second kappa shape index (κ2) is 8.34. The molecule has 0 unspecified atom stereocenters. The van der Waals surface area contributed by atoms with Crippen molar-refractivity contribution in [1.82, 2.24) is 4.98 Å². The Labute approximate surface area is 176 Å². The van der Waals surface area contributed by atoms with Crippen molar-refractivity contribution in [2.75, 3.05) is 0 Å². The van der Waals surface area contributed by atoms with Crippen LogP contribution in [0.15, 0.2) is 48.5 Å². The van der Waals surface area contributed by atoms with E-state index in [0.29, 0.717) is 17.4 Å². The molecule has 2 radical (unpaired) electrons. The first-order valence-corrected chi connectivity index (χ1v) is 11.6. The smallest absolute Gasteiger partial charge is 0.141 e. The van der Waals surface area contributed by atoms with Gasteiger partial charge in [-0.25, -0.2) is 0 Å². The zero-order valence-electron chi connectivity index (χ0n) is 17.4. The second-order valence-electron chi connectivity index (χ2n) is 9.18. The Morgan fingerprint density at radius 1 is 0.690 bits per heavy atom. The van der Waals surface area contributed by atoms with Crippen LogP contribution in [0.4, 0.5) is 0 Å². The van der Waals surface area contributed by atoms with E-state index in [9.17, 15) is 0 Å². The molecule has 2 aliphatic carbocycles. The minimum atomic E-state index is 0.612. The van der Waals surface area contributed by atoms with Crippen LogP contribution in [0.5, 0.6) is 0 Å². The molecule has 3 aromatic rings. The third kappa shape index (κ3) is 3.99. The van der Waals surface area contributed by atoms with E-state index < -0.39 is 0 Å². The maximum absolute atomic E-state index is 6.21. The largest absolute Gasteiger partial charge is 0.264 e. The summed E-state index contributed by atoms with van der Waals surface area (Å²) in [6.07, 6.45) is 13.6. The standard InChI is InChI=1S/C27H30BN/c28-26-18-21-13-7-8-14-25(21)27(29-26)24-16-22(19-9-3-1-4-10-19)15-23(17-24)20-11-5-2-6-12-20/h7-8,13-20H,1-6,9-12H2. The van der Waals surface area contributed by atoms with Crippen LogP contribution in [0.25, 0.3) is 22.0 Å². The topological polar surface area (TPSA) is 12.9 Å². The number of aromatic nitrogens is 1. The van der Waals surface area contributed by atoms with Gasteiger partial charge in [-0.15, -0.1) is 0 Å². The van der Waals surface area contributed by atoms with Crippen molar-refractivity contribution in [2.24, 2.45) is 0 Å². The molecule has 1 heterocycles.